The lowest BCUT2D eigenvalue weighted by Crippen LogP contribution is -2.40. The van der Waals surface area contributed by atoms with E-state index in [9.17, 15) is 0 Å². The molecule has 5 atom stereocenters. The third kappa shape index (κ3) is 3.99. The molecule has 1 aromatic rings. The molecule has 0 saturated carbocycles. The molecular weight excluding hydrogens is 352 g/mol. The maximum absolute atomic E-state index is 6.16. The number of rotatable bonds is 5. The summed E-state index contributed by atoms with van der Waals surface area (Å²) in [6.07, 6.45) is -1.63. The number of methoxy groups -OCH3 is 1. The van der Waals surface area contributed by atoms with Crippen molar-refractivity contribution in [1.29, 1.82) is 0 Å². The molecule has 150 valence electrons. The molecule has 3 aliphatic rings. The highest BCUT2D eigenvalue weighted by Gasteiger charge is 2.59. The number of fused-ring (bicyclic) bond motifs is 1. The van der Waals surface area contributed by atoms with Gasteiger partial charge in [0.05, 0.1) is 20.3 Å². The molecule has 7 heteroatoms. The lowest BCUT2D eigenvalue weighted by atomic mass is 10.1. The van der Waals surface area contributed by atoms with Crippen LogP contribution in [0.5, 0.6) is 5.75 Å². The van der Waals surface area contributed by atoms with Crippen LogP contribution in [-0.4, -0.2) is 56.0 Å². The molecule has 3 heterocycles. The maximum atomic E-state index is 6.16. The summed E-state index contributed by atoms with van der Waals surface area (Å²) in [7, 11) is 1.65. The Morgan fingerprint density at radius 1 is 0.926 bits per heavy atom. The Bertz CT molecular complexity index is 657. The summed E-state index contributed by atoms with van der Waals surface area (Å²) in [6.45, 7) is 8.45. The minimum absolute atomic E-state index is 0.223. The van der Waals surface area contributed by atoms with Gasteiger partial charge in [0.25, 0.3) is 0 Å². The van der Waals surface area contributed by atoms with Gasteiger partial charge in [-0.25, -0.2) is 0 Å². The fourth-order valence-corrected chi connectivity index (χ4v) is 3.80. The van der Waals surface area contributed by atoms with Crippen molar-refractivity contribution < 1.29 is 33.2 Å². The second-order valence-corrected chi connectivity index (χ2v) is 8.06. The molecule has 0 amide bonds. The van der Waals surface area contributed by atoms with Gasteiger partial charge in [-0.3, -0.25) is 0 Å². The van der Waals surface area contributed by atoms with Crippen molar-refractivity contribution in [2.45, 2.75) is 76.6 Å². The molecule has 0 aromatic heterocycles. The first-order valence-electron chi connectivity index (χ1n) is 9.34. The minimum atomic E-state index is -0.686. The zero-order valence-electron chi connectivity index (χ0n) is 16.5. The molecule has 7 nitrogen and oxygen atoms in total. The van der Waals surface area contributed by atoms with Gasteiger partial charge in [0.1, 0.15) is 30.2 Å². The van der Waals surface area contributed by atoms with E-state index < -0.39 is 17.9 Å². The van der Waals surface area contributed by atoms with E-state index in [0.717, 1.165) is 11.3 Å². The first-order chi connectivity index (χ1) is 12.8. The Balaban J connectivity index is 1.44. The van der Waals surface area contributed by atoms with Gasteiger partial charge < -0.3 is 33.2 Å². The fourth-order valence-electron chi connectivity index (χ4n) is 3.80. The normalized spacial score (nSPS) is 36.7. The third-order valence-electron chi connectivity index (χ3n) is 5.02. The highest BCUT2D eigenvalue weighted by atomic mass is 16.8. The van der Waals surface area contributed by atoms with E-state index in [1.807, 2.05) is 52.0 Å². The van der Waals surface area contributed by atoms with Crippen molar-refractivity contribution in [2.75, 3.05) is 13.7 Å². The van der Waals surface area contributed by atoms with E-state index in [-0.39, 0.29) is 24.4 Å². The molecule has 0 spiro atoms. The summed E-state index contributed by atoms with van der Waals surface area (Å²) >= 11 is 0. The molecule has 4 rings (SSSR count). The quantitative estimate of drug-likeness (QED) is 0.778. The summed E-state index contributed by atoms with van der Waals surface area (Å²) in [6, 6.07) is 7.75. The van der Waals surface area contributed by atoms with Crippen LogP contribution in [0.4, 0.5) is 0 Å². The van der Waals surface area contributed by atoms with Crippen LogP contribution >= 0.6 is 0 Å². The van der Waals surface area contributed by atoms with Crippen LogP contribution in [0.2, 0.25) is 0 Å². The van der Waals surface area contributed by atoms with E-state index in [1.54, 1.807) is 7.11 Å². The zero-order valence-corrected chi connectivity index (χ0v) is 16.5. The molecule has 0 aliphatic carbocycles. The number of ether oxygens (including phenoxy) is 7. The van der Waals surface area contributed by atoms with Crippen LogP contribution in [0.3, 0.4) is 0 Å². The van der Waals surface area contributed by atoms with E-state index in [0.29, 0.717) is 13.2 Å². The Morgan fingerprint density at radius 2 is 1.63 bits per heavy atom. The van der Waals surface area contributed by atoms with E-state index in [1.165, 1.54) is 0 Å². The molecule has 0 radical (unpaired) electrons. The highest BCUT2D eigenvalue weighted by molar-refractivity contribution is 5.26. The first kappa shape index (κ1) is 19.1. The van der Waals surface area contributed by atoms with Crippen molar-refractivity contribution >= 4 is 0 Å². The molecule has 0 bridgehead atoms. The Morgan fingerprint density at radius 3 is 2.26 bits per heavy atom. The van der Waals surface area contributed by atoms with Crippen LogP contribution < -0.4 is 4.74 Å². The minimum Gasteiger partial charge on any atom is -0.497 e. The first-order valence-corrected chi connectivity index (χ1v) is 9.34. The number of hydrogen-bond donors (Lipinski definition) is 0. The summed E-state index contributed by atoms with van der Waals surface area (Å²) in [5.74, 6) is -0.500. The summed E-state index contributed by atoms with van der Waals surface area (Å²) < 4.78 is 41.3. The molecule has 0 N–H and O–H groups in total. The molecular formula is C20H28O7. The molecule has 3 saturated heterocycles. The van der Waals surface area contributed by atoms with Gasteiger partial charge >= 0.3 is 0 Å². The maximum Gasteiger partial charge on any atom is 0.187 e. The Labute approximate surface area is 159 Å². The molecule has 27 heavy (non-hydrogen) atoms. The van der Waals surface area contributed by atoms with Crippen LogP contribution in [0.1, 0.15) is 33.3 Å². The topological polar surface area (TPSA) is 64.6 Å². The molecule has 1 aromatic carbocycles. The predicted octanol–water partition coefficient (Wildman–Crippen LogP) is 2.61. The average molecular weight is 380 g/mol. The van der Waals surface area contributed by atoms with Crippen LogP contribution in [0.15, 0.2) is 24.3 Å². The van der Waals surface area contributed by atoms with Gasteiger partial charge in [-0.2, -0.15) is 0 Å². The van der Waals surface area contributed by atoms with E-state index in [4.69, 9.17) is 33.2 Å². The van der Waals surface area contributed by atoms with Gasteiger partial charge in [0.15, 0.2) is 17.9 Å². The van der Waals surface area contributed by atoms with Crippen LogP contribution in [-0.2, 0) is 35.0 Å². The van der Waals surface area contributed by atoms with Crippen LogP contribution in [0.25, 0.3) is 0 Å². The van der Waals surface area contributed by atoms with E-state index >= 15 is 0 Å². The summed E-state index contributed by atoms with van der Waals surface area (Å²) in [5, 5.41) is 0. The lowest BCUT2D eigenvalue weighted by molar-refractivity contribution is -0.250. The second kappa shape index (κ2) is 6.99. The Kier molecular flexibility index (Phi) is 4.95. The second-order valence-electron chi connectivity index (χ2n) is 8.06. The Hall–Kier alpha value is -1.22. The van der Waals surface area contributed by atoms with Gasteiger partial charge in [-0.15, -0.1) is 0 Å². The standard InChI is InChI=1S/C20H28O7/c1-19(2)23-11-14(25-19)15-16-17(27-20(3,4)26-16)18(24-15)22-10-12-6-8-13(21-5)9-7-12/h6-9,14-18H,10-11H2,1-5H3/t14-,15-,16+,17+,18+/m1/s1. The highest BCUT2D eigenvalue weighted by Crippen LogP contribution is 2.42. The molecule has 0 unspecified atom stereocenters. The fraction of sp³-hybridized carbons (Fsp3) is 0.700. The van der Waals surface area contributed by atoms with Crippen molar-refractivity contribution in [3.8, 4) is 5.75 Å². The largest absolute Gasteiger partial charge is 0.497 e. The van der Waals surface area contributed by atoms with Crippen molar-refractivity contribution in [3.05, 3.63) is 29.8 Å². The predicted molar refractivity (Wildman–Crippen MR) is 95.2 cm³/mol. The lowest BCUT2D eigenvalue weighted by Gasteiger charge is -2.27. The molecule has 3 fully saturated rings. The van der Waals surface area contributed by atoms with Gasteiger partial charge in [0.2, 0.25) is 0 Å². The smallest absolute Gasteiger partial charge is 0.187 e. The van der Waals surface area contributed by atoms with Crippen molar-refractivity contribution in [2.24, 2.45) is 0 Å². The monoisotopic (exact) mass is 380 g/mol. The van der Waals surface area contributed by atoms with Crippen molar-refractivity contribution in [3.63, 3.8) is 0 Å². The SMILES string of the molecule is COc1ccc(CO[C@H]2O[C@H]([C@H]3COC(C)(C)O3)[C@@H]3OC(C)(C)O[C@H]23)cc1. The van der Waals surface area contributed by atoms with Crippen molar-refractivity contribution in [1.82, 2.24) is 0 Å². The van der Waals surface area contributed by atoms with Gasteiger partial charge in [-0.05, 0) is 45.4 Å². The number of benzene rings is 1. The van der Waals surface area contributed by atoms with Crippen LogP contribution in [0, 0.1) is 0 Å². The summed E-state index contributed by atoms with van der Waals surface area (Å²) in [5.41, 5.74) is 1.03. The van der Waals surface area contributed by atoms with E-state index in [2.05, 4.69) is 0 Å². The van der Waals surface area contributed by atoms with Gasteiger partial charge in [-0.1, -0.05) is 12.1 Å². The average Bonchev–Trinajstić information content (AvgIpc) is 3.23. The molecule has 3 aliphatic heterocycles. The zero-order chi connectivity index (χ0) is 19.2. The number of hydrogen-bond acceptors (Lipinski definition) is 7. The van der Waals surface area contributed by atoms with Gasteiger partial charge in [0, 0.05) is 0 Å². The summed E-state index contributed by atoms with van der Waals surface area (Å²) in [4.78, 5) is 0. The third-order valence-corrected chi connectivity index (χ3v) is 5.02.